The third-order valence-corrected chi connectivity index (χ3v) is 14.1. The molecule has 0 bridgehead atoms. The second-order valence-electron chi connectivity index (χ2n) is 19.9. The molecular weight excluding hydrogens is 1130 g/mol. The molecule has 0 radical (unpaired) electrons. The molecule has 9 rings (SSSR count). The van der Waals surface area contributed by atoms with Crippen LogP contribution in [0.4, 0.5) is 0 Å². The first-order chi connectivity index (χ1) is 37.1. The molecule has 0 spiro atoms. The van der Waals surface area contributed by atoms with E-state index in [1.54, 1.807) is 24.8 Å². The Bertz CT molecular complexity index is 2910. The standard InChI is InChI=1S/C45H58N6O.2C8H10N4.Os/c1-4-38(40-17-9-7-10-18-40)35-42(41-21-26-46-27-22-41)34-36(2)39-23-31-50(32-24-39)29-13-8-11-20-44(52)47-25-12-5-6-14-30-51-33-28-48-45(51)43-19-15-16-37(3)49-43;2*1-11-5-3-9-7(11)8-10-4-6-12(8)2;/h7,9-10,15-19,21-24,26-28,31-33,36,38,42H,4-6,8,11-14,20,25,29-30,34-35H2,1-3H3;2*3-6H,1-2H3;/p+1. The van der Waals surface area contributed by atoms with Crippen LogP contribution in [0.2, 0.25) is 0 Å². The quantitative estimate of drug-likeness (QED) is 0.0464. The van der Waals surface area contributed by atoms with Gasteiger partial charge in [0.15, 0.2) is 41.5 Å². The Morgan fingerprint density at radius 3 is 1.66 bits per heavy atom. The maximum absolute atomic E-state index is 12.4. The van der Waals surface area contributed by atoms with E-state index in [1.807, 2.05) is 121 Å². The van der Waals surface area contributed by atoms with Crippen LogP contribution in [0.25, 0.3) is 34.8 Å². The monoisotopic (exact) mass is 1220 g/mol. The van der Waals surface area contributed by atoms with Crippen molar-refractivity contribution < 1.29 is 29.2 Å². The smallest absolute Gasteiger partial charge is 0.219 e. The summed E-state index contributed by atoms with van der Waals surface area (Å²) in [6.45, 7) is 9.36. The Morgan fingerprint density at radius 1 is 0.558 bits per heavy atom. The summed E-state index contributed by atoms with van der Waals surface area (Å²) in [4.78, 5) is 42.6. The topological polar surface area (TPSA) is 148 Å². The number of unbranched alkanes of at least 4 members (excludes halogenated alkanes) is 5. The van der Waals surface area contributed by atoms with Crippen molar-refractivity contribution in [3.05, 3.63) is 182 Å². The van der Waals surface area contributed by atoms with Crippen LogP contribution < -0.4 is 9.88 Å². The van der Waals surface area contributed by atoms with Crippen molar-refractivity contribution in [1.29, 1.82) is 0 Å². The average Bonchev–Trinajstić information content (AvgIpc) is 4.33. The molecule has 77 heavy (non-hydrogen) atoms. The predicted octanol–water partition coefficient (Wildman–Crippen LogP) is 11.4. The number of pyridine rings is 3. The molecule has 8 aromatic heterocycles. The summed E-state index contributed by atoms with van der Waals surface area (Å²) >= 11 is 0. The van der Waals surface area contributed by atoms with Crippen LogP contribution in [0, 0.1) is 6.92 Å². The summed E-state index contributed by atoms with van der Waals surface area (Å²) in [6.07, 6.45) is 38.3. The van der Waals surface area contributed by atoms with E-state index < -0.39 is 0 Å². The van der Waals surface area contributed by atoms with Gasteiger partial charge in [-0.25, -0.2) is 34.5 Å². The number of carbonyl (C=O) groups excluding carboxylic acids is 1. The molecule has 0 aliphatic carbocycles. The molecule has 1 aromatic carbocycles. The van der Waals surface area contributed by atoms with E-state index in [-0.39, 0.29) is 25.7 Å². The maximum atomic E-state index is 12.4. The molecule has 9 aromatic rings. The van der Waals surface area contributed by atoms with E-state index in [1.165, 1.54) is 16.7 Å². The molecule has 0 aliphatic heterocycles. The number of nitrogens with one attached hydrogen (secondary N) is 1. The number of aryl methyl sites for hydroxylation is 7. The first-order valence-corrected chi connectivity index (χ1v) is 27.1. The summed E-state index contributed by atoms with van der Waals surface area (Å²) in [7, 11) is 7.82. The van der Waals surface area contributed by atoms with Gasteiger partial charge in [0.05, 0.1) is 0 Å². The molecule has 0 aliphatic rings. The summed E-state index contributed by atoms with van der Waals surface area (Å²) < 4.78 is 12.3. The van der Waals surface area contributed by atoms with E-state index >= 15 is 0 Å². The Kier molecular flexibility index (Phi) is 23.9. The predicted molar refractivity (Wildman–Crippen MR) is 302 cm³/mol. The third-order valence-electron chi connectivity index (χ3n) is 14.1. The Hall–Kier alpha value is -7.17. The molecule has 15 nitrogen and oxygen atoms in total. The van der Waals surface area contributed by atoms with Crippen LogP contribution in [-0.2, 0) is 65.9 Å². The number of carbonyl (C=O) groups is 1. The molecule has 8 heterocycles. The van der Waals surface area contributed by atoms with E-state index in [2.05, 4.69) is 130 Å². The largest absolute Gasteiger partial charge is 0.356 e. The van der Waals surface area contributed by atoms with Gasteiger partial charge >= 0.3 is 0 Å². The average molecular weight is 1210 g/mol. The first kappa shape index (κ1) is 59.1. The van der Waals surface area contributed by atoms with E-state index in [0.717, 1.165) is 124 Å². The van der Waals surface area contributed by atoms with Gasteiger partial charge < -0.3 is 28.2 Å². The zero-order valence-corrected chi connectivity index (χ0v) is 48.8. The fourth-order valence-electron chi connectivity index (χ4n) is 9.67. The van der Waals surface area contributed by atoms with Gasteiger partial charge in [0.2, 0.25) is 5.91 Å². The van der Waals surface area contributed by atoms with Crippen molar-refractivity contribution in [1.82, 2.24) is 63.0 Å². The zero-order valence-electron chi connectivity index (χ0n) is 46.2. The first-order valence-electron chi connectivity index (χ1n) is 27.1. The van der Waals surface area contributed by atoms with Crippen LogP contribution in [0.3, 0.4) is 0 Å². The normalized spacial score (nSPS) is 12.1. The molecule has 0 fully saturated rings. The van der Waals surface area contributed by atoms with Crippen LogP contribution in [0.1, 0.15) is 125 Å². The third kappa shape index (κ3) is 18.0. The summed E-state index contributed by atoms with van der Waals surface area (Å²) in [6, 6.07) is 26.0. The minimum Gasteiger partial charge on any atom is -0.356 e. The summed E-state index contributed by atoms with van der Waals surface area (Å²) in [5, 5.41) is 3.12. The Balaban J connectivity index is 0.000000309. The molecule has 3 atom stereocenters. The fraction of sp³-hybridized carbons (Fsp3) is 0.393. The number of amides is 1. The summed E-state index contributed by atoms with van der Waals surface area (Å²) in [5.41, 5.74) is 6.14. The van der Waals surface area contributed by atoms with E-state index in [9.17, 15) is 4.79 Å². The second-order valence-corrected chi connectivity index (χ2v) is 19.9. The molecule has 3 unspecified atom stereocenters. The number of imidazole rings is 5. The molecule has 16 heteroatoms. The molecule has 0 saturated heterocycles. The molecule has 0 saturated carbocycles. The minimum atomic E-state index is 0. The van der Waals surface area contributed by atoms with Gasteiger partial charge in [0.25, 0.3) is 0 Å². The van der Waals surface area contributed by atoms with Crippen molar-refractivity contribution in [3.8, 4) is 34.8 Å². The van der Waals surface area contributed by atoms with Gasteiger partial charge in [-0.1, -0.05) is 63.1 Å². The Morgan fingerprint density at radius 2 is 1.10 bits per heavy atom. The number of hydrogen-bond donors (Lipinski definition) is 1. The van der Waals surface area contributed by atoms with Gasteiger partial charge in [-0.05, 0) is 111 Å². The van der Waals surface area contributed by atoms with E-state index in [0.29, 0.717) is 24.2 Å². The maximum Gasteiger partial charge on any atom is 0.219 e. The van der Waals surface area contributed by atoms with Gasteiger partial charge in [0, 0.05) is 166 Å². The van der Waals surface area contributed by atoms with Crippen molar-refractivity contribution >= 4 is 5.91 Å². The second kappa shape index (κ2) is 31.1. The number of rotatable bonds is 24. The van der Waals surface area contributed by atoms with Crippen LogP contribution in [-0.4, -0.2) is 70.2 Å². The zero-order chi connectivity index (χ0) is 53.5. The van der Waals surface area contributed by atoms with Gasteiger partial charge in [-0.15, -0.1) is 0 Å². The molecule has 1 N–H and O–H groups in total. The van der Waals surface area contributed by atoms with Gasteiger partial charge in [-0.3, -0.25) is 9.78 Å². The Labute approximate surface area is 469 Å². The van der Waals surface area contributed by atoms with Crippen molar-refractivity contribution in [3.63, 3.8) is 0 Å². The fourth-order valence-corrected chi connectivity index (χ4v) is 9.67. The SMILES string of the molecule is CCC(CC(CC(C)c1cc[n+](CCCCCC(=O)NCCCCCCn2ccnc2-c2cccc(C)n2)cc1)c1ccncc1)c1ccccc1.Cn1ccnc1-c1nccn1C.Cn1ccnc1-c1nccn1C.[Os]. The molecule has 1 amide bonds. The number of benzene rings is 1. The molecule has 406 valence electrons. The number of hydrogen-bond acceptors (Lipinski definition) is 8. The van der Waals surface area contributed by atoms with Crippen molar-refractivity contribution in [2.75, 3.05) is 6.54 Å². The van der Waals surface area contributed by atoms with Crippen molar-refractivity contribution in [2.24, 2.45) is 28.2 Å². The van der Waals surface area contributed by atoms with E-state index in [4.69, 9.17) is 0 Å². The van der Waals surface area contributed by atoms with Crippen molar-refractivity contribution in [2.45, 2.75) is 122 Å². The number of nitrogens with zero attached hydrogens (tertiary/aromatic N) is 13. The van der Waals surface area contributed by atoms with Crippen LogP contribution >= 0.6 is 0 Å². The van der Waals surface area contributed by atoms with Crippen LogP contribution in [0.5, 0.6) is 0 Å². The minimum absolute atomic E-state index is 0. The van der Waals surface area contributed by atoms with Crippen LogP contribution in [0.15, 0.2) is 160 Å². The molecular formula is C61H79N14OOs+. The number of aromatic nitrogens is 13. The van der Waals surface area contributed by atoms with Gasteiger partial charge in [-0.2, -0.15) is 0 Å². The summed E-state index contributed by atoms with van der Waals surface area (Å²) in [5.74, 6) is 6.15. The van der Waals surface area contributed by atoms with Gasteiger partial charge in [0.1, 0.15) is 12.2 Å².